The number of carbonyl (C=O) groups is 2. The molecule has 11 heteroatoms. The third kappa shape index (κ3) is 5.29. The molecule has 3 aromatic rings. The zero-order chi connectivity index (χ0) is 29.4. The van der Waals surface area contributed by atoms with Gasteiger partial charge >= 0.3 is 5.97 Å². The van der Waals surface area contributed by atoms with Crippen LogP contribution in [0.1, 0.15) is 44.1 Å². The molecule has 41 heavy (non-hydrogen) atoms. The molecule has 214 valence electrons. The summed E-state index contributed by atoms with van der Waals surface area (Å²) in [5.74, 6) is -3.27. The lowest BCUT2D eigenvalue weighted by Crippen LogP contribution is -2.60. The number of benzene rings is 3. The molecule has 0 saturated carbocycles. The average Bonchev–Trinajstić information content (AvgIpc) is 2.95. The molecule has 7 N–H and O–H groups in total. The minimum Gasteiger partial charge on any atom is -0.508 e. The molecule has 1 saturated heterocycles. The minimum absolute atomic E-state index is 0.0639. The second kappa shape index (κ2) is 11.3. The topological polar surface area (TPSA) is 194 Å². The number of rotatable bonds is 6. The second-order valence-electron chi connectivity index (χ2n) is 9.95. The predicted octanol–water partition coefficient (Wildman–Crippen LogP) is 1.08. The summed E-state index contributed by atoms with van der Waals surface area (Å²) in [6, 6.07) is 13.0. The Balaban J connectivity index is 1.45. The van der Waals surface area contributed by atoms with Crippen LogP contribution in [0.5, 0.6) is 17.2 Å². The van der Waals surface area contributed by atoms with Crippen LogP contribution in [0.3, 0.4) is 0 Å². The van der Waals surface area contributed by atoms with E-state index in [2.05, 4.69) is 0 Å². The van der Waals surface area contributed by atoms with Crippen molar-refractivity contribution in [1.29, 1.82) is 0 Å². The van der Waals surface area contributed by atoms with Crippen LogP contribution in [0.15, 0.2) is 60.7 Å². The van der Waals surface area contributed by atoms with Gasteiger partial charge in [0, 0.05) is 12.0 Å². The van der Waals surface area contributed by atoms with Crippen molar-refractivity contribution in [2.24, 2.45) is 0 Å². The van der Waals surface area contributed by atoms with E-state index in [0.717, 1.165) is 6.08 Å². The lowest BCUT2D eigenvalue weighted by molar-refractivity contribution is -0.234. The van der Waals surface area contributed by atoms with Crippen LogP contribution in [0.2, 0.25) is 0 Å². The van der Waals surface area contributed by atoms with E-state index in [1.165, 1.54) is 48.5 Å². The predicted molar refractivity (Wildman–Crippen MR) is 142 cm³/mol. The first-order valence-corrected chi connectivity index (χ1v) is 12.8. The van der Waals surface area contributed by atoms with Gasteiger partial charge < -0.3 is 45.2 Å². The van der Waals surface area contributed by atoms with E-state index in [-0.39, 0.29) is 39.3 Å². The molecule has 1 fully saturated rings. The number of ketones is 1. The number of hydrogen-bond acceptors (Lipinski definition) is 11. The van der Waals surface area contributed by atoms with Crippen molar-refractivity contribution in [3.8, 4) is 17.2 Å². The van der Waals surface area contributed by atoms with Gasteiger partial charge in [-0.05, 0) is 52.6 Å². The number of aliphatic hydroxyl groups excluding tert-OH is 4. The smallest absolute Gasteiger partial charge is 0.330 e. The van der Waals surface area contributed by atoms with Gasteiger partial charge in [-0.1, -0.05) is 30.3 Å². The molecule has 2 aliphatic rings. The highest BCUT2D eigenvalue weighted by Crippen LogP contribution is 2.47. The van der Waals surface area contributed by atoms with Crippen LogP contribution in [-0.4, -0.2) is 84.6 Å². The summed E-state index contributed by atoms with van der Waals surface area (Å²) < 4.78 is 11.3. The fourth-order valence-corrected chi connectivity index (χ4v) is 5.36. The van der Waals surface area contributed by atoms with Crippen LogP contribution >= 0.6 is 0 Å². The standard InChI is InChI=1S/C30H28O11/c31-12-15-10-18-23(17-2-1-3-19(33)24(17)27(37)25(18)20(34)11-15)30-29(39)28(38)26(36)21(41-30)13-40-22(35)9-6-14-4-7-16(32)8-5-14/h1-11,21,23,26,28-34,36,38-39H,12-13H2/b9-6+/t21-,23+,26-,28+,29-,30+/m1/s1. The van der Waals surface area contributed by atoms with E-state index in [9.17, 15) is 45.3 Å². The van der Waals surface area contributed by atoms with Gasteiger partial charge in [0.2, 0.25) is 5.78 Å². The number of aromatic hydroxyl groups is 3. The van der Waals surface area contributed by atoms with Crippen LogP contribution < -0.4 is 0 Å². The molecule has 0 amide bonds. The van der Waals surface area contributed by atoms with Gasteiger partial charge in [-0.3, -0.25) is 4.79 Å². The zero-order valence-electron chi connectivity index (χ0n) is 21.5. The molecule has 1 heterocycles. The van der Waals surface area contributed by atoms with Crippen molar-refractivity contribution < 1.29 is 54.8 Å². The first kappa shape index (κ1) is 28.3. The summed E-state index contributed by atoms with van der Waals surface area (Å²) in [5.41, 5.74) is 0.995. The highest BCUT2D eigenvalue weighted by Gasteiger charge is 2.50. The van der Waals surface area contributed by atoms with Crippen LogP contribution in [0.4, 0.5) is 0 Å². The molecule has 11 nitrogen and oxygen atoms in total. The molecular formula is C30H28O11. The Morgan fingerprint density at radius 3 is 2.29 bits per heavy atom. The van der Waals surface area contributed by atoms with Gasteiger partial charge in [0.05, 0.1) is 23.8 Å². The number of aliphatic hydroxyl groups is 4. The van der Waals surface area contributed by atoms with Crippen LogP contribution in [-0.2, 0) is 20.9 Å². The highest BCUT2D eigenvalue weighted by atomic mass is 16.6. The van der Waals surface area contributed by atoms with Crippen molar-refractivity contribution in [2.45, 2.75) is 43.0 Å². The number of hydrogen-bond donors (Lipinski definition) is 7. The first-order valence-electron chi connectivity index (χ1n) is 12.8. The van der Waals surface area contributed by atoms with Crippen molar-refractivity contribution in [1.82, 2.24) is 0 Å². The maximum atomic E-state index is 13.3. The van der Waals surface area contributed by atoms with E-state index in [0.29, 0.717) is 5.56 Å². The summed E-state index contributed by atoms with van der Waals surface area (Å²) in [6.45, 7) is -0.978. The van der Waals surface area contributed by atoms with Crippen molar-refractivity contribution in [3.05, 3.63) is 94.1 Å². The second-order valence-corrected chi connectivity index (χ2v) is 9.95. The largest absolute Gasteiger partial charge is 0.508 e. The van der Waals surface area contributed by atoms with Crippen LogP contribution in [0, 0.1) is 0 Å². The Morgan fingerprint density at radius 1 is 0.878 bits per heavy atom. The highest BCUT2D eigenvalue weighted by molar-refractivity contribution is 6.16. The maximum absolute atomic E-state index is 13.3. The summed E-state index contributed by atoms with van der Waals surface area (Å²) in [4.78, 5) is 25.7. The molecule has 5 rings (SSSR count). The van der Waals surface area contributed by atoms with Crippen molar-refractivity contribution in [2.75, 3.05) is 6.61 Å². The lowest BCUT2D eigenvalue weighted by Gasteiger charge is -2.45. The molecule has 1 aliphatic carbocycles. The normalized spacial score (nSPS) is 25.5. The van der Waals surface area contributed by atoms with Crippen molar-refractivity contribution in [3.63, 3.8) is 0 Å². The molecule has 0 spiro atoms. The Morgan fingerprint density at radius 2 is 1.59 bits per heavy atom. The Kier molecular flexibility index (Phi) is 7.80. The number of carbonyl (C=O) groups excluding carboxylic acids is 2. The summed E-state index contributed by atoms with van der Waals surface area (Å²) in [7, 11) is 0. The van der Waals surface area contributed by atoms with Gasteiger partial charge in [-0.15, -0.1) is 0 Å². The third-order valence-corrected chi connectivity index (χ3v) is 7.36. The monoisotopic (exact) mass is 564 g/mol. The summed E-state index contributed by atoms with van der Waals surface area (Å²) in [6.07, 6.45) is -5.17. The number of fused-ring (bicyclic) bond motifs is 2. The minimum atomic E-state index is -1.75. The Bertz CT molecular complexity index is 1500. The molecule has 0 unspecified atom stereocenters. The molecule has 6 atom stereocenters. The fourth-order valence-electron chi connectivity index (χ4n) is 5.36. The van der Waals surface area contributed by atoms with Gasteiger partial charge in [0.1, 0.15) is 48.3 Å². The zero-order valence-corrected chi connectivity index (χ0v) is 21.5. The van der Waals surface area contributed by atoms with Crippen LogP contribution in [0.25, 0.3) is 6.08 Å². The number of phenolic OH excluding ortho intramolecular Hbond substituents is 3. The molecule has 0 aromatic heterocycles. The average molecular weight is 565 g/mol. The Hall–Kier alpha value is -4.26. The molecule has 0 radical (unpaired) electrons. The lowest BCUT2D eigenvalue weighted by atomic mass is 9.71. The van der Waals surface area contributed by atoms with Gasteiger partial charge in [-0.25, -0.2) is 4.79 Å². The molecule has 0 bridgehead atoms. The van der Waals surface area contributed by atoms with E-state index in [1.54, 1.807) is 12.1 Å². The summed E-state index contributed by atoms with van der Waals surface area (Å²) in [5, 5.41) is 72.8. The summed E-state index contributed by atoms with van der Waals surface area (Å²) >= 11 is 0. The fraction of sp³-hybridized carbons (Fsp3) is 0.267. The number of ether oxygens (including phenoxy) is 2. The molecule has 1 aliphatic heterocycles. The first-order chi connectivity index (χ1) is 19.6. The van der Waals surface area contributed by atoms with E-state index >= 15 is 0 Å². The SMILES string of the molecule is O=C(/C=C/c1ccc(O)cc1)OC[C@H]1O[C@@H]([C@H]2c3cccc(O)c3C(=O)c3c(O)cc(CO)cc32)[C@H](O)[C@@H](O)[C@@H]1O. The van der Waals surface area contributed by atoms with Gasteiger partial charge in [-0.2, -0.15) is 0 Å². The van der Waals surface area contributed by atoms with E-state index in [4.69, 9.17) is 9.47 Å². The molecule has 3 aromatic carbocycles. The quantitative estimate of drug-likeness (QED) is 0.167. The number of esters is 1. The maximum Gasteiger partial charge on any atom is 0.330 e. The van der Waals surface area contributed by atoms with Gasteiger partial charge in [0.25, 0.3) is 0 Å². The third-order valence-electron chi connectivity index (χ3n) is 7.36. The Labute approximate surface area is 233 Å². The van der Waals surface area contributed by atoms with E-state index in [1.807, 2.05) is 0 Å². The molecular weight excluding hydrogens is 536 g/mol. The van der Waals surface area contributed by atoms with Crippen molar-refractivity contribution >= 4 is 17.8 Å². The van der Waals surface area contributed by atoms with E-state index < -0.39 is 67.2 Å². The number of phenols is 3. The van der Waals surface area contributed by atoms with Gasteiger partial charge in [0.15, 0.2) is 0 Å².